The minimum absolute atomic E-state index is 0.0619. The van der Waals surface area contributed by atoms with Crippen molar-refractivity contribution in [3.63, 3.8) is 0 Å². The SMILES string of the molecule is CCNc1cncc(NCC2(CO)CCCCC2)c1. The van der Waals surface area contributed by atoms with Gasteiger partial charge < -0.3 is 15.7 Å². The van der Waals surface area contributed by atoms with Crippen molar-refractivity contribution in [2.45, 2.75) is 39.0 Å². The molecule has 1 aromatic rings. The summed E-state index contributed by atoms with van der Waals surface area (Å²) in [5.41, 5.74) is 2.12. The Hall–Kier alpha value is -1.29. The van der Waals surface area contributed by atoms with E-state index in [4.69, 9.17) is 0 Å². The molecule has 0 saturated heterocycles. The van der Waals surface area contributed by atoms with Crippen LogP contribution in [0, 0.1) is 5.41 Å². The van der Waals surface area contributed by atoms with E-state index in [9.17, 15) is 5.11 Å². The van der Waals surface area contributed by atoms with Gasteiger partial charge in [0.1, 0.15) is 0 Å². The average Bonchev–Trinajstić information content (AvgIpc) is 2.47. The highest BCUT2D eigenvalue weighted by atomic mass is 16.3. The molecule has 2 rings (SSSR count). The molecule has 0 spiro atoms. The van der Waals surface area contributed by atoms with Gasteiger partial charge in [-0.2, -0.15) is 0 Å². The second-order valence-corrected chi connectivity index (χ2v) is 5.56. The van der Waals surface area contributed by atoms with Crippen molar-refractivity contribution in [2.24, 2.45) is 5.41 Å². The summed E-state index contributed by atoms with van der Waals surface area (Å²) < 4.78 is 0. The highest BCUT2D eigenvalue weighted by Crippen LogP contribution is 2.36. The van der Waals surface area contributed by atoms with Gasteiger partial charge in [-0.3, -0.25) is 4.98 Å². The number of anilines is 2. The molecule has 0 radical (unpaired) electrons. The fraction of sp³-hybridized carbons (Fsp3) is 0.667. The van der Waals surface area contributed by atoms with E-state index < -0.39 is 0 Å². The molecule has 4 nitrogen and oxygen atoms in total. The van der Waals surface area contributed by atoms with Crippen molar-refractivity contribution >= 4 is 11.4 Å². The number of hydrogen-bond donors (Lipinski definition) is 3. The lowest BCUT2D eigenvalue weighted by Gasteiger charge is -2.36. The second kappa shape index (κ2) is 6.75. The number of aliphatic hydroxyl groups is 1. The topological polar surface area (TPSA) is 57.2 Å². The molecule has 1 aromatic heterocycles. The first-order valence-electron chi connectivity index (χ1n) is 7.32. The van der Waals surface area contributed by atoms with Crippen LogP contribution in [0.15, 0.2) is 18.5 Å². The van der Waals surface area contributed by atoms with Crippen LogP contribution < -0.4 is 10.6 Å². The molecule has 3 N–H and O–H groups in total. The fourth-order valence-corrected chi connectivity index (χ4v) is 2.82. The van der Waals surface area contributed by atoms with Gasteiger partial charge >= 0.3 is 0 Å². The predicted octanol–water partition coefficient (Wildman–Crippen LogP) is 2.87. The Kier molecular flexibility index (Phi) is 5.02. The maximum Gasteiger partial charge on any atom is 0.0547 e. The van der Waals surface area contributed by atoms with Gasteiger partial charge in [-0.05, 0) is 25.8 Å². The largest absolute Gasteiger partial charge is 0.396 e. The van der Waals surface area contributed by atoms with Crippen LogP contribution in [0.4, 0.5) is 11.4 Å². The maximum absolute atomic E-state index is 9.69. The van der Waals surface area contributed by atoms with Crippen LogP contribution in [-0.4, -0.2) is 29.8 Å². The zero-order chi connectivity index (χ0) is 13.6. The van der Waals surface area contributed by atoms with Gasteiger partial charge in [0.05, 0.1) is 30.4 Å². The van der Waals surface area contributed by atoms with E-state index in [2.05, 4.69) is 28.6 Å². The minimum atomic E-state index is 0.0619. The van der Waals surface area contributed by atoms with Gasteiger partial charge in [0.25, 0.3) is 0 Å². The molecule has 4 heteroatoms. The van der Waals surface area contributed by atoms with Crippen LogP contribution >= 0.6 is 0 Å². The first-order valence-corrected chi connectivity index (χ1v) is 7.32. The van der Waals surface area contributed by atoms with Crippen LogP contribution in [0.1, 0.15) is 39.0 Å². The molecule has 1 aliphatic carbocycles. The molecule has 0 unspecified atom stereocenters. The number of hydrogen-bond acceptors (Lipinski definition) is 4. The van der Waals surface area contributed by atoms with Crippen molar-refractivity contribution in [3.05, 3.63) is 18.5 Å². The number of aromatic nitrogens is 1. The van der Waals surface area contributed by atoms with Crippen LogP contribution in [0.5, 0.6) is 0 Å². The monoisotopic (exact) mass is 263 g/mol. The van der Waals surface area contributed by atoms with Gasteiger partial charge in [0, 0.05) is 18.5 Å². The quantitative estimate of drug-likeness (QED) is 0.738. The molecule has 0 bridgehead atoms. The predicted molar refractivity (Wildman–Crippen MR) is 79.5 cm³/mol. The van der Waals surface area contributed by atoms with Crippen molar-refractivity contribution in [3.8, 4) is 0 Å². The van der Waals surface area contributed by atoms with Gasteiger partial charge in [-0.1, -0.05) is 19.3 Å². The van der Waals surface area contributed by atoms with Crippen LogP contribution in [0.3, 0.4) is 0 Å². The third-order valence-electron chi connectivity index (χ3n) is 4.04. The van der Waals surface area contributed by atoms with Crippen LogP contribution in [0.2, 0.25) is 0 Å². The number of nitrogens with zero attached hydrogens (tertiary/aromatic N) is 1. The third-order valence-corrected chi connectivity index (χ3v) is 4.04. The molecule has 106 valence electrons. The van der Waals surface area contributed by atoms with E-state index >= 15 is 0 Å². The first-order chi connectivity index (χ1) is 9.28. The third kappa shape index (κ3) is 3.83. The molecule has 0 aromatic carbocycles. The molecule has 0 atom stereocenters. The molecule has 0 amide bonds. The summed E-state index contributed by atoms with van der Waals surface area (Å²) in [6.07, 6.45) is 9.69. The summed E-state index contributed by atoms with van der Waals surface area (Å²) in [6.45, 7) is 4.08. The summed E-state index contributed by atoms with van der Waals surface area (Å²) in [5, 5.41) is 16.4. The smallest absolute Gasteiger partial charge is 0.0547 e. The lowest BCUT2D eigenvalue weighted by Crippen LogP contribution is -2.35. The van der Waals surface area contributed by atoms with Gasteiger partial charge in [-0.25, -0.2) is 0 Å². The molecular weight excluding hydrogens is 238 g/mol. The van der Waals surface area contributed by atoms with E-state index in [1.165, 1.54) is 19.3 Å². The van der Waals surface area contributed by atoms with Crippen molar-refractivity contribution in [1.82, 2.24) is 4.98 Å². The molecule has 1 aliphatic rings. The summed E-state index contributed by atoms with van der Waals surface area (Å²) >= 11 is 0. The molecular formula is C15H25N3O. The Morgan fingerprint density at radius 3 is 2.47 bits per heavy atom. The van der Waals surface area contributed by atoms with E-state index in [0.717, 1.165) is 37.3 Å². The Morgan fingerprint density at radius 2 is 1.84 bits per heavy atom. The standard InChI is InChI=1S/C15H25N3O/c1-2-17-13-8-14(10-16-9-13)18-11-15(12-19)6-4-3-5-7-15/h8-10,17-19H,2-7,11-12H2,1H3. The van der Waals surface area contributed by atoms with Gasteiger partial charge in [-0.15, -0.1) is 0 Å². The maximum atomic E-state index is 9.69. The normalized spacial score (nSPS) is 18.0. The van der Waals surface area contributed by atoms with E-state index in [0.29, 0.717) is 0 Å². The number of nitrogens with one attached hydrogen (secondary N) is 2. The molecule has 19 heavy (non-hydrogen) atoms. The Bertz CT molecular complexity index is 389. The van der Waals surface area contributed by atoms with E-state index in [1.54, 1.807) is 0 Å². The summed E-state index contributed by atoms with van der Waals surface area (Å²) in [5.74, 6) is 0. The lowest BCUT2D eigenvalue weighted by molar-refractivity contribution is 0.0944. The van der Waals surface area contributed by atoms with Gasteiger partial charge in [0.15, 0.2) is 0 Å². The number of pyridine rings is 1. The molecule has 1 heterocycles. The van der Waals surface area contributed by atoms with E-state index in [1.807, 2.05) is 12.4 Å². The zero-order valence-corrected chi connectivity index (χ0v) is 11.8. The van der Waals surface area contributed by atoms with Crippen LogP contribution in [0.25, 0.3) is 0 Å². The Morgan fingerprint density at radius 1 is 1.16 bits per heavy atom. The summed E-state index contributed by atoms with van der Waals surface area (Å²) in [6, 6.07) is 2.07. The lowest BCUT2D eigenvalue weighted by atomic mass is 9.74. The molecule has 1 saturated carbocycles. The Labute approximate surface area is 115 Å². The Balaban J connectivity index is 1.94. The highest BCUT2D eigenvalue weighted by Gasteiger charge is 2.31. The zero-order valence-electron chi connectivity index (χ0n) is 11.8. The number of rotatable bonds is 6. The van der Waals surface area contributed by atoms with Crippen molar-refractivity contribution < 1.29 is 5.11 Å². The van der Waals surface area contributed by atoms with Gasteiger partial charge in [0.2, 0.25) is 0 Å². The molecule has 1 fully saturated rings. The molecule has 0 aliphatic heterocycles. The highest BCUT2D eigenvalue weighted by molar-refractivity contribution is 5.53. The fourth-order valence-electron chi connectivity index (χ4n) is 2.82. The van der Waals surface area contributed by atoms with Crippen molar-refractivity contribution in [2.75, 3.05) is 30.3 Å². The average molecular weight is 263 g/mol. The van der Waals surface area contributed by atoms with Crippen LogP contribution in [-0.2, 0) is 0 Å². The first kappa shape index (κ1) is 14.1. The van der Waals surface area contributed by atoms with Crippen molar-refractivity contribution in [1.29, 1.82) is 0 Å². The second-order valence-electron chi connectivity index (χ2n) is 5.56. The summed E-state index contributed by atoms with van der Waals surface area (Å²) in [7, 11) is 0. The summed E-state index contributed by atoms with van der Waals surface area (Å²) in [4.78, 5) is 4.23. The minimum Gasteiger partial charge on any atom is -0.396 e. The number of aliphatic hydroxyl groups excluding tert-OH is 1. The van der Waals surface area contributed by atoms with E-state index in [-0.39, 0.29) is 12.0 Å².